The van der Waals surface area contributed by atoms with Gasteiger partial charge in [0.05, 0.1) is 13.0 Å². The van der Waals surface area contributed by atoms with Gasteiger partial charge in [-0.15, -0.1) is 0 Å². The molecule has 0 aliphatic carbocycles. The lowest BCUT2D eigenvalue weighted by atomic mass is 10.2. The average Bonchev–Trinajstić information content (AvgIpc) is 2.29. The van der Waals surface area contributed by atoms with Crippen LogP contribution in [0, 0.1) is 5.92 Å². The number of rotatable bonds is 6. The van der Waals surface area contributed by atoms with Crippen LogP contribution in [0.3, 0.4) is 0 Å². The molecule has 1 aromatic rings. The molecule has 0 aliphatic heterocycles. The van der Waals surface area contributed by atoms with Crippen LogP contribution in [0.25, 0.3) is 0 Å². The van der Waals surface area contributed by atoms with E-state index >= 15 is 0 Å². The van der Waals surface area contributed by atoms with Gasteiger partial charge in [-0.1, -0.05) is 6.92 Å². The largest absolute Gasteiger partial charge is 0.481 e. The fourth-order valence-corrected chi connectivity index (χ4v) is 1.19. The molecule has 88 valence electrons. The van der Waals surface area contributed by atoms with Crippen LogP contribution in [-0.2, 0) is 11.3 Å². The number of carboxylic acids is 1. The van der Waals surface area contributed by atoms with Gasteiger partial charge in [-0.05, 0) is 11.6 Å². The molecule has 1 rings (SSSR count). The van der Waals surface area contributed by atoms with E-state index in [9.17, 15) is 4.79 Å². The molecule has 1 aromatic heterocycles. The SMILES string of the molecule is COc1cc(CNCC(C)C(=O)O)ccn1. The van der Waals surface area contributed by atoms with E-state index in [2.05, 4.69) is 10.3 Å². The molecule has 0 fully saturated rings. The smallest absolute Gasteiger partial charge is 0.307 e. The lowest BCUT2D eigenvalue weighted by Crippen LogP contribution is -2.25. The molecular weight excluding hydrogens is 208 g/mol. The van der Waals surface area contributed by atoms with Crippen LogP contribution < -0.4 is 10.1 Å². The second kappa shape index (κ2) is 6.07. The second-order valence-electron chi connectivity index (χ2n) is 3.58. The Kier molecular flexibility index (Phi) is 4.72. The first-order chi connectivity index (χ1) is 7.63. The van der Waals surface area contributed by atoms with Crippen molar-refractivity contribution >= 4 is 5.97 Å². The van der Waals surface area contributed by atoms with Crippen LogP contribution in [0.2, 0.25) is 0 Å². The van der Waals surface area contributed by atoms with E-state index in [1.807, 2.05) is 12.1 Å². The molecule has 5 heteroatoms. The first kappa shape index (κ1) is 12.4. The van der Waals surface area contributed by atoms with Crippen molar-refractivity contribution in [3.8, 4) is 5.88 Å². The van der Waals surface area contributed by atoms with Gasteiger partial charge < -0.3 is 15.2 Å². The molecule has 16 heavy (non-hydrogen) atoms. The molecule has 0 spiro atoms. The second-order valence-corrected chi connectivity index (χ2v) is 3.58. The van der Waals surface area contributed by atoms with E-state index in [0.29, 0.717) is 19.0 Å². The predicted octanol–water partition coefficient (Wildman–Crippen LogP) is 0.900. The van der Waals surface area contributed by atoms with Crippen molar-refractivity contribution in [3.63, 3.8) is 0 Å². The third kappa shape index (κ3) is 3.86. The summed E-state index contributed by atoms with van der Waals surface area (Å²) >= 11 is 0. The van der Waals surface area contributed by atoms with Gasteiger partial charge in [-0.2, -0.15) is 0 Å². The molecule has 0 radical (unpaired) electrons. The van der Waals surface area contributed by atoms with E-state index in [-0.39, 0.29) is 5.92 Å². The monoisotopic (exact) mass is 224 g/mol. The molecule has 0 saturated heterocycles. The van der Waals surface area contributed by atoms with Gasteiger partial charge in [0, 0.05) is 25.4 Å². The van der Waals surface area contributed by atoms with E-state index < -0.39 is 5.97 Å². The van der Waals surface area contributed by atoms with Crippen molar-refractivity contribution in [2.24, 2.45) is 5.92 Å². The highest BCUT2D eigenvalue weighted by molar-refractivity contribution is 5.69. The number of ether oxygens (including phenoxy) is 1. The van der Waals surface area contributed by atoms with E-state index in [1.165, 1.54) is 0 Å². The van der Waals surface area contributed by atoms with Crippen LogP contribution >= 0.6 is 0 Å². The molecule has 0 aliphatic rings. The van der Waals surface area contributed by atoms with Gasteiger partial charge in [-0.25, -0.2) is 4.98 Å². The summed E-state index contributed by atoms with van der Waals surface area (Å²) in [4.78, 5) is 14.6. The number of carbonyl (C=O) groups is 1. The Bertz CT molecular complexity index is 355. The molecule has 0 bridgehead atoms. The van der Waals surface area contributed by atoms with Crippen molar-refractivity contribution in [2.45, 2.75) is 13.5 Å². The zero-order valence-electron chi connectivity index (χ0n) is 9.43. The van der Waals surface area contributed by atoms with Crippen molar-refractivity contribution in [1.29, 1.82) is 0 Å². The highest BCUT2D eigenvalue weighted by atomic mass is 16.5. The first-order valence-electron chi connectivity index (χ1n) is 5.06. The number of carboxylic acid groups (broad SMARTS) is 1. The Balaban J connectivity index is 2.39. The summed E-state index contributed by atoms with van der Waals surface area (Å²) in [6, 6.07) is 3.68. The maximum Gasteiger partial charge on any atom is 0.307 e. The van der Waals surface area contributed by atoms with Crippen LogP contribution in [0.4, 0.5) is 0 Å². The summed E-state index contributed by atoms with van der Waals surface area (Å²) in [7, 11) is 1.56. The Morgan fingerprint density at radius 2 is 2.44 bits per heavy atom. The van der Waals surface area contributed by atoms with Gasteiger partial charge in [0.1, 0.15) is 0 Å². The zero-order chi connectivity index (χ0) is 12.0. The summed E-state index contributed by atoms with van der Waals surface area (Å²) in [5.74, 6) is -0.617. The van der Waals surface area contributed by atoms with Crippen LogP contribution in [0.1, 0.15) is 12.5 Å². The van der Waals surface area contributed by atoms with Crippen LogP contribution in [0.5, 0.6) is 5.88 Å². The minimum atomic E-state index is -0.792. The van der Waals surface area contributed by atoms with Gasteiger partial charge in [0.2, 0.25) is 5.88 Å². The van der Waals surface area contributed by atoms with Crippen molar-refractivity contribution in [1.82, 2.24) is 10.3 Å². The Morgan fingerprint density at radius 3 is 3.06 bits per heavy atom. The van der Waals surface area contributed by atoms with E-state index in [0.717, 1.165) is 5.56 Å². The number of nitrogens with zero attached hydrogens (tertiary/aromatic N) is 1. The lowest BCUT2D eigenvalue weighted by Gasteiger charge is -2.08. The van der Waals surface area contributed by atoms with E-state index in [1.54, 1.807) is 20.2 Å². The van der Waals surface area contributed by atoms with Gasteiger partial charge in [-0.3, -0.25) is 4.79 Å². The molecule has 1 heterocycles. The number of aromatic nitrogens is 1. The van der Waals surface area contributed by atoms with Gasteiger partial charge in [0.25, 0.3) is 0 Å². The minimum Gasteiger partial charge on any atom is -0.481 e. The number of hydrogen-bond donors (Lipinski definition) is 2. The van der Waals surface area contributed by atoms with Gasteiger partial charge >= 0.3 is 5.97 Å². The highest BCUT2D eigenvalue weighted by Crippen LogP contribution is 2.08. The summed E-state index contributed by atoms with van der Waals surface area (Å²) in [6.45, 7) is 2.72. The summed E-state index contributed by atoms with van der Waals surface area (Å²) in [5, 5.41) is 11.8. The summed E-state index contributed by atoms with van der Waals surface area (Å²) in [6.07, 6.45) is 1.66. The lowest BCUT2D eigenvalue weighted by molar-refractivity contribution is -0.140. The highest BCUT2D eigenvalue weighted by Gasteiger charge is 2.09. The Morgan fingerprint density at radius 1 is 1.69 bits per heavy atom. The first-order valence-corrected chi connectivity index (χ1v) is 5.06. The normalized spacial score (nSPS) is 12.1. The molecule has 0 saturated carbocycles. The molecule has 0 aromatic carbocycles. The molecule has 1 unspecified atom stereocenters. The van der Waals surface area contributed by atoms with Gasteiger partial charge in [0.15, 0.2) is 0 Å². The zero-order valence-corrected chi connectivity index (χ0v) is 9.43. The molecule has 1 atom stereocenters. The Hall–Kier alpha value is -1.62. The Labute approximate surface area is 94.5 Å². The fourth-order valence-electron chi connectivity index (χ4n) is 1.19. The molecule has 5 nitrogen and oxygen atoms in total. The number of methoxy groups -OCH3 is 1. The predicted molar refractivity (Wildman–Crippen MR) is 59.3 cm³/mol. The van der Waals surface area contributed by atoms with Crippen molar-refractivity contribution in [2.75, 3.05) is 13.7 Å². The quantitative estimate of drug-likeness (QED) is 0.751. The number of pyridine rings is 1. The van der Waals surface area contributed by atoms with Crippen molar-refractivity contribution in [3.05, 3.63) is 23.9 Å². The fraction of sp³-hybridized carbons (Fsp3) is 0.455. The average molecular weight is 224 g/mol. The molecule has 2 N–H and O–H groups in total. The third-order valence-electron chi connectivity index (χ3n) is 2.21. The number of hydrogen-bond acceptors (Lipinski definition) is 4. The van der Waals surface area contributed by atoms with Crippen LogP contribution in [-0.4, -0.2) is 29.7 Å². The molecular formula is C11H16N2O3. The minimum absolute atomic E-state index is 0.385. The third-order valence-corrected chi connectivity index (χ3v) is 2.21. The number of nitrogens with one attached hydrogen (secondary N) is 1. The topological polar surface area (TPSA) is 71.5 Å². The summed E-state index contributed by atoms with van der Waals surface area (Å²) in [5.41, 5.74) is 1.02. The maximum absolute atomic E-state index is 10.6. The molecule has 0 amide bonds. The number of aliphatic carboxylic acids is 1. The van der Waals surface area contributed by atoms with E-state index in [4.69, 9.17) is 9.84 Å². The van der Waals surface area contributed by atoms with Crippen LogP contribution in [0.15, 0.2) is 18.3 Å². The maximum atomic E-state index is 10.6. The standard InChI is InChI=1S/C11H16N2O3/c1-8(11(14)15)6-12-7-9-3-4-13-10(5-9)16-2/h3-5,8,12H,6-7H2,1-2H3,(H,14,15). The van der Waals surface area contributed by atoms with Crippen molar-refractivity contribution < 1.29 is 14.6 Å². The summed E-state index contributed by atoms with van der Waals surface area (Å²) < 4.78 is 4.99.